The average Bonchev–Trinajstić information content (AvgIpc) is 2.45. The molecule has 2 amide bonds. The van der Waals surface area contributed by atoms with Crippen LogP contribution in [-0.2, 0) is 28.7 Å². The van der Waals surface area contributed by atoms with Crippen LogP contribution in [0.25, 0.3) is 0 Å². The van der Waals surface area contributed by atoms with Gasteiger partial charge in [-0.25, -0.2) is 0 Å². The second-order valence-corrected chi connectivity index (χ2v) is 3.90. The Hall–Kier alpha value is -2.20. The van der Waals surface area contributed by atoms with Crippen LogP contribution in [0.3, 0.4) is 0 Å². The van der Waals surface area contributed by atoms with Crippen LogP contribution >= 0.6 is 0 Å². The molecule has 1 heterocycles. The molecule has 0 aromatic rings. The zero-order valence-electron chi connectivity index (χ0n) is 10.6. The fourth-order valence-corrected chi connectivity index (χ4v) is 1.38. The van der Waals surface area contributed by atoms with E-state index in [-0.39, 0.29) is 26.3 Å². The first-order chi connectivity index (χ1) is 9.47. The van der Waals surface area contributed by atoms with Crippen molar-refractivity contribution in [3.63, 3.8) is 0 Å². The summed E-state index contributed by atoms with van der Waals surface area (Å²) in [6.45, 7) is -1.27. The average molecular weight is 288 g/mol. The van der Waals surface area contributed by atoms with Crippen LogP contribution in [0.15, 0.2) is 0 Å². The maximum Gasteiger partial charge on any atom is 0.319 e. The van der Waals surface area contributed by atoms with Gasteiger partial charge in [0, 0.05) is 0 Å². The number of nitrogens with two attached hydrogens (primary N) is 2. The Morgan fingerprint density at radius 2 is 1.25 bits per heavy atom. The van der Waals surface area contributed by atoms with Crippen molar-refractivity contribution >= 4 is 23.8 Å². The molecule has 0 saturated carbocycles. The molecule has 0 unspecified atom stereocenters. The second-order valence-electron chi connectivity index (χ2n) is 3.90. The molecular formula is C10H16N4O6. The van der Waals surface area contributed by atoms with E-state index in [2.05, 4.69) is 20.1 Å². The summed E-state index contributed by atoms with van der Waals surface area (Å²) in [4.78, 5) is 45.0. The van der Waals surface area contributed by atoms with E-state index in [0.717, 1.165) is 0 Å². The molecule has 112 valence electrons. The summed E-state index contributed by atoms with van der Waals surface area (Å²) in [5.74, 6) is -2.48. The number of carbonyl (C=O) groups excluding carboxylic acids is 4. The van der Waals surface area contributed by atoms with E-state index in [1.54, 1.807) is 0 Å². The number of piperazine rings is 1. The molecule has 0 aromatic heterocycles. The van der Waals surface area contributed by atoms with Gasteiger partial charge in [-0.1, -0.05) is 0 Å². The fraction of sp³-hybridized carbons (Fsp3) is 0.600. The van der Waals surface area contributed by atoms with Crippen molar-refractivity contribution in [3.8, 4) is 0 Å². The predicted octanol–water partition coefficient (Wildman–Crippen LogP) is -4.03. The van der Waals surface area contributed by atoms with Gasteiger partial charge in [0.2, 0.25) is 11.8 Å². The van der Waals surface area contributed by atoms with Crippen molar-refractivity contribution in [1.29, 1.82) is 0 Å². The lowest BCUT2D eigenvalue weighted by atomic mass is 10.1. The first kappa shape index (κ1) is 15.9. The number of hydrogen-bond donors (Lipinski definition) is 4. The minimum atomic E-state index is -1.00. The molecule has 0 aliphatic carbocycles. The van der Waals surface area contributed by atoms with Crippen LogP contribution in [-0.4, -0.2) is 62.1 Å². The maximum atomic E-state index is 11.7. The van der Waals surface area contributed by atoms with Crippen LogP contribution < -0.4 is 22.1 Å². The molecule has 1 fully saturated rings. The normalized spacial score (nSPS) is 21.7. The highest BCUT2D eigenvalue weighted by atomic mass is 16.5. The fourth-order valence-electron chi connectivity index (χ4n) is 1.38. The smallest absolute Gasteiger partial charge is 0.319 e. The molecule has 10 heteroatoms. The van der Waals surface area contributed by atoms with Crippen LogP contribution in [0.4, 0.5) is 0 Å². The van der Waals surface area contributed by atoms with Crippen LogP contribution in [0.5, 0.6) is 0 Å². The van der Waals surface area contributed by atoms with E-state index in [0.29, 0.717) is 0 Å². The molecular weight excluding hydrogens is 272 g/mol. The largest absolute Gasteiger partial charge is 0.462 e. The van der Waals surface area contributed by atoms with E-state index in [1.165, 1.54) is 0 Å². The van der Waals surface area contributed by atoms with Crippen molar-refractivity contribution in [1.82, 2.24) is 10.6 Å². The summed E-state index contributed by atoms with van der Waals surface area (Å²) in [6, 6.07) is -2.00. The van der Waals surface area contributed by atoms with Crippen molar-refractivity contribution in [3.05, 3.63) is 0 Å². The highest BCUT2D eigenvalue weighted by molar-refractivity contribution is 5.97. The van der Waals surface area contributed by atoms with E-state index < -0.39 is 35.8 Å². The van der Waals surface area contributed by atoms with Gasteiger partial charge in [0.15, 0.2) is 0 Å². The summed E-state index contributed by atoms with van der Waals surface area (Å²) >= 11 is 0. The maximum absolute atomic E-state index is 11.7. The Morgan fingerprint density at radius 1 is 0.900 bits per heavy atom. The molecule has 0 aromatic carbocycles. The Kier molecular flexibility index (Phi) is 5.87. The lowest BCUT2D eigenvalue weighted by Crippen LogP contribution is -2.64. The zero-order valence-corrected chi connectivity index (χ0v) is 10.6. The SMILES string of the molecule is NCC(=O)OC[C@@H]1NC(=O)[C@@H](COC(=O)CN)NC1=O. The first-order valence-corrected chi connectivity index (χ1v) is 5.80. The zero-order chi connectivity index (χ0) is 15.1. The number of nitrogens with one attached hydrogen (secondary N) is 2. The minimum absolute atomic E-state index is 0.317. The molecule has 10 nitrogen and oxygen atoms in total. The monoisotopic (exact) mass is 288 g/mol. The van der Waals surface area contributed by atoms with Crippen molar-refractivity contribution in [2.24, 2.45) is 11.5 Å². The van der Waals surface area contributed by atoms with Gasteiger partial charge in [-0.3, -0.25) is 19.2 Å². The minimum Gasteiger partial charge on any atom is -0.462 e. The van der Waals surface area contributed by atoms with Crippen LogP contribution in [0.2, 0.25) is 0 Å². The molecule has 0 spiro atoms. The summed E-state index contributed by atoms with van der Waals surface area (Å²) in [7, 11) is 0. The molecule has 6 N–H and O–H groups in total. The van der Waals surface area contributed by atoms with E-state index >= 15 is 0 Å². The van der Waals surface area contributed by atoms with Crippen molar-refractivity contribution in [2.45, 2.75) is 12.1 Å². The number of carbonyl (C=O) groups is 4. The molecule has 0 radical (unpaired) electrons. The predicted molar refractivity (Wildman–Crippen MR) is 63.9 cm³/mol. The van der Waals surface area contributed by atoms with E-state index in [4.69, 9.17) is 11.5 Å². The Morgan fingerprint density at radius 3 is 1.55 bits per heavy atom. The molecule has 1 aliphatic heterocycles. The summed E-state index contributed by atoms with van der Waals surface area (Å²) in [6.07, 6.45) is 0. The molecule has 2 atom stereocenters. The third kappa shape index (κ3) is 4.48. The first-order valence-electron chi connectivity index (χ1n) is 5.80. The molecule has 1 rings (SSSR count). The van der Waals surface area contributed by atoms with E-state index in [9.17, 15) is 19.2 Å². The standard InChI is InChI=1S/C10H16N4O6/c11-1-7(15)19-3-5-9(17)14-6(10(18)13-5)4-20-8(16)2-12/h5-6H,1-4,11-12H2,(H,13,18)(H,14,17)/t5-,6+. The number of hydrogen-bond acceptors (Lipinski definition) is 8. The Bertz CT molecular complexity index is 375. The Balaban J connectivity index is 2.45. The Labute approximate surface area is 114 Å². The highest BCUT2D eigenvalue weighted by Gasteiger charge is 2.34. The molecule has 20 heavy (non-hydrogen) atoms. The van der Waals surface area contributed by atoms with Gasteiger partial charge >= 0.3 is 11.9 Å². The molecule has 0 bridgehead atoms. The molecule has 1 saturated heterocycles. The van der Waals surface area contributed by atoms with Crippen LogP contribution in [0, 0.1) is 0 Å². The van der Waals surface area contributed by atoms with Crippen LogP contribution in [0.1, 0.15) is 0 Å². The summed E-state index contributed by atoms with van der Waals surface area (Å²) < 4.78 is 9.32. The van der Waals surface area contributed by atoms with Gasteiger partial charge in [0.05, 0.1) is 13.1 Å². The van der Waals surface area contributed by atoms with Gasteiger partial charge < -0.3 is 31.6 Å². The van der Waals surface area contributed by atoms with E-state index in [1.807, 2.05) is 0 Å². The topological polar surface area (TPSA) is 163 Å². The van der Waals surface area contributed by atoms with Crippen molar-refractivity contribution < 1.29 is 28.7 Å². The van der Waals surface area contributed by atoms with Crippen molar-refractivity contribution in [2.75, 3.05) is 26.3 Å². The van der Waals surface area contributed by atoms with Gasteiger partial charge in [-0.2, -0.15) is 0 Å². The number of ether oxygens (including phenoxy) is 2. The number of rotatable bonds is 6. The second kappa shape index (κ2) is 7.40. The highest BCUT2D eigenvalue weighted by Crippen LogP contribution is 1.99. The van der Waals surface area contributed by atoms with Gasteiger partial charge in [-0.15, -0.1) is 0 Å². The van der Waals surface area contributed by atoms with Gasteiger partial charge in [-0.05, 0) is 0 Å². The molecule has 1 aliphatic rings. The van der Waals surface area contributed by atoms with Gasteiger partial charge in [0.25, 0.3) is 0 Å². The third-order valence-electron chi connectivity index (χ3n) is 2.42. The summed E-state index contributed by atoms with van der Waals surface area (Å²) in [5, 5.41) is 4.69. The lowest BCUT2D eigenvalue weighted by Gasteiger charge is -2.28. The summed E-state index contributed by atoms with van der Waals surface area (Å²) in [5.41, 5.74) is 10.1. The quantitative estimate of drug-likeness (QED) is 0.359. The number of esters is 2. The third-order valence-corrected chi connectivity index (χ3v) is 2.42. The number of amides is 2. The lowest BCUT2D eigenvalue weighted by molar-refractivity contribution is -0.150. The van der Waals surface area contributed by atoms with Gasteiger partial charge in [0.1, 0.15) is 25.3 Å².